The van der Waals surface area contributed by atoms with E-state index in [4.69, 9.17) is 0 Å². The Labute approximate surface area is 94.4 Å². The molecule has 0 saturated carbocycles. The molecule has 0 aromatic heterocycles. The van der Waals surface area contributed by atoms with E-state index in [9.17, 15) is 22.0 Å². The smallest absolute Gasteiger partial charge is 0.405 e. The molecule has 2 nitrogen and oxygen atoms in total. The van der Waals surface area contributed by atoms with Gasteiger partial charge in [0, 0.05) is 5.69 Å². The molecule has 0 aliphatic rings. The molecule has 0 bridgehead atoms. The Balaban J connectivity index is 2.45. The summed E-state index contributed by atoms with van der Waals surface area (Å²) >= 11 is 0. The molecule has 0 fully saturated rings. The SMILES string of the molecule is FC(F)COc1ccc(NCC(F)(F)F)cc1. The summed E-state index contributed by atoms with van der Waals surface area (Å²) in [5, 5.41) is 2.15. The molecule has 0 spiro atoms. The number of anilines is 1. The van der Waals surface area contributed by atoms with Gasteiger partial charge in [-0.25, -0.2) is 8.78 Å². The van der Waals surface area contributed by atoms with Crippen molar-refractivity contribution in [2.45, 2.75) is 12.6 Å². The van der Waals surface area contributed by atoms with E-state index in [-0.39, 0.29) is 11.4 Å². The second-order valence-electron chi connectivity index (χ2n) is 3.20. The first-order chi connectivity index (χ1) is 7.87. The van der Waals surface area contributed by atoms with Gasteiger partial charge >= 0.3 is 6.18 Å². The highest BCUT2D eigenvalue weighted by Crippen LogP contribution is 2.19. The summed E-state index contributed by atoms with van der Waals surface area (Å²) in [6.45, 7) is -1.89. The van der Waals surface area contributed by atoms with Crippen LogP contribution in [0.2, 0.25) is 0 Å². The van der Waals surface area contributed by atoms with E-state index in [2.05, 4.69) is 10.1 Å². The molecule has 96 valence electrons. The third-order valence-electron chi connectivity index (χ3n) is 1.72. The van der Waals surface area contributed by atoms with Gasteiger partial charge in [-0.2, -0.15) is 13.2 Å². The zero-order valence-electron chi connectivity index (χ0n) is 8.60. The highest BCUT2D eigenvalue weighted by atomic mass is 19.4. The predicted octanol–water partition coefficient (Wildman–Crippen LogP) is 3.30. The van der Waals surface area contributed by atoms with Gasteiger partial charge in [0.25, 0.3) is 6.43 Å². The second kappa shape index (κ2) is 5.70. The Bertz CT molecular complexity index is 336. The van der Waals surface area contributed by atoms with E-state index in [1.165, 1.54) is 24.3 Å². The molecule has 0 unspecified atom stereocenters. The van der Waals surface area contributed by atoms with E-state index >= 15 is 0 Å². The van der Waals surface area contributed by atoms with E-state index in [0.29, 0.717) is 0 Å². The molecule has 7 heteroatoms. The number of nitrogens with one attached hydrogen (secondary N) is 1. The molecule has 0 aliphatic heterocycles. The lowest BCUT2D eigenvalue weighted by atomic mass is 10.3. The summed E-state index contributed by atoms with van der Waals surface area (Å²) in [6.07, 6.45) is -6.89. The second-order valence-corrected chi connectivity index (χ2v) is 3.20. The number of hydrogen-bond donors (Lipinski definition) is 1. The molecule has 0 atom stereocenters. The van der Waals surface area contributed by atoms with Crippen molar-refractivity contribution in [3.63, 3.8) is 0 Å². The standard InChI is InChI=1S/C10H10F5NO/c11-9(12)5-17-8-3-1-7(2-4-8)16-6-10(13,14)15/h1-4,9,16H,5-6H2. The lowest BCUT2D eigenvalue weighted by molar-refractivity contribution is -0.115. The molecule has 0 aliphatic carbocycles. The van der Waals surface area contributed by atoms with Crippen LogP contribution >= 0.6 is 0 Å². The van der Waals surface area contributed by atoms with Gasteiger partial charge in [0.15, 0.2) is 0 Å². The zero-order valence-corrected chi connectivity index (χ0v) is 8.60. The molecule has 1 rings (SSSR count). The number of halogens is 5. The molecule has 0 amide bonds. The summed E-state index contributed by atoms with van der Waals surface area (Å²) < 4.78 is 63.8. The Morgan fingerprint density at radius 1 is 1.12 bits per heavy atom. The molecule has 1 N–H and O–H groups in total. The number of benzene rings is 1. The summed E-state index contributed by atoms with van der Waals surface area (Å²) in [7, 11) is 0. The largest absolute Gasteiger partial charge is 0.488 e. The van der Waals surface area contributed by atoms with Crippen LogP contribution in [-0.2, 0) is 0 Å². The fourth-order valence-corrected chi connectivity index (χ4v) is 1.03. The van der Waals surface area contributed by atoms with Gasteiger partial charge in [-0.3, -0.25) is 0 Å². The minimum atomic E-state index is -4.30. The Kier molecular flexibility index (Phi) is 4.53. The van der Waals surface area contributed by atoms with Crippen molar-refractivity contribution in [1.82, 2.24) is 0 Å². The molecule has 17 heavy (non-hydrogen) atoms. The molecular weight excluding hydrogens is 245 g/mol. The fourth-order valence-electron chi connectivity index (χ4n) is 1.03. The van der Waals surface area contributed by atoms with Crippen LogP contribution in [0.15, 0.2) is 24.3 Å². The predicted molar refractivity (Wildman–Crippen MR) is 52.5 cm³/mol. The minimum absolute atomic E-state index is 0.183. The van der Waals surface area contributed by atoms with Gasteiger partial charge in [-0.1, -0.05) is 0 Å². The van der Waals surface area contributed by atoms with Gasteiger partial charge in [-0.15, -0.1) is 0 Å². The van der Waals surface area contributed by atoms with Crippen LogP contribution in [0.3, 0.4) is 0 Å². The van der Waals surface area contributed by atoms with Crippen molar-refractivity contribution < 1.29 is 26.7 Å². The van der Waals surface area contributed by atoms with Crippen molar-refractivity contribution in [3.05, 3.63) is 24.3 Å². The van der Waals surface area contributed by atoms with Crippen molar-refractivity contribution in [3.8, 4) is 5.75 Å². The Hall–Kier alpha value is -1.53. The fraction of sp³-hybridized carbons (Fsp3) is 0.400. The maximum absolute atomic E-state index is 11.9. The molecule has 0 heterocycles. The van der Waals surface area contributed by atoms with Gasteiger partial charge in [0.05, 0.1) is 0 Å². The maximum atomic E-state index is 11.9. The van der Waals surface area contributed by atoms with Crippen molar-refractivity contribution in [2.75, 3.05) is 18.5 Å². The minimum Gasteiger partial charge on any atom is -0.488 e. The van der Waals surface area contributed by atoms with Crippen LogP contribution in [0.4, 0.5) is 27.6 Å². The third-order valence-corrected chi connectivity index (χ3v) is 1.72. The van der Waals surface area contributed by atoms with E-state index in [1.807, 2.05) is 0 Å². The molecule has 0 saturated heterocycles. The zero-order chi connectivity index (χ0) is 12.9. The number of rotatable bonds is 5. The lowest BCUT2D eigenvalue weighted by Gasteiger charge is -2.10. The highest BCUT2D eigenvalue weighted by molar-refractivity contribution is 5.46. The van der Waals surface area contributed by atoms with Crippen LogP contribution in [0.1, 0.15) is 0 Å². The van der Waals surface area contributed by atoms with Gasteiger partial charge < -0.3 is 10.1 Å². The Morgan fingerprint density at radius 3 is 2.18 bits per heavy atom. The summed E-state index contributed by atoms with van der Waals surface area (Å²) in [5.74, 6) is 0.183. The monoisotopic (exact) mass is 255 g/mol. The Morgan fingerprint density at radius 2 is 1.71 bits per heavy atom. The normalized spacial score (nSPS) is 11.6. The topological polar surface area (TPSA) is 21.3 Å². The van der Waals surface area contributed by atoms with Gasteiger partial charge in [-0.05, 0) is 24.3 Å². The summed E-state index contributed by atoms with van der Waals surface area (Å²) in [6, 6.07) is 5.29. The molecule has 1 aromatic rings. The first-order valence-corrected chi connectivity index (χ1v) is 4.68. The van der Waals surface area contributed by atoms with Crippen molar-refractivity contribution in [2.24, 2.45) is 0 Å². The summed E-state index contributed by atoms with van der Waals surface area (Å²) in [4.78, 5) is 0. The molecular formula is C10H10F5NO. The third kappa shape index (κ3) is 5.94. The maximum Gasteiger partial charge on any atom is 0.405 e. The van der Waals surface area contributed by atoms with Gasteiger partial charge in [0.1, 0.15) is 18.9 Å². The number of alkyl halides is 5. The van der Waals surface area contributed by atoms with Gasteiger partial charge in [0.2, 0.25) is 0 Å². The number of hydrogen-bond acceptors (Lipinski definition) is 2. The van der Waals surface area contributed by atoms with Crippen LogP contribution in [0.25, 0.3) is 0 Å². The molecule has 1 aromatic carbocycles. The average Bonchev–Trinajstić information content (AvgIpc) is 2.24. The summed E-state index contributed by atoms with van der Waals surface area (Å²) in [5.41, 5.74) is 0.242. The molecule has 0 radical (unpaired) electrons. The number of ether oxygens (including phenoxy) is 1. The first-order valence-electron chi connectivity index (χ1n) is 4.68. The van der Waals surface area contributed by atoms with Crippen LogP contribution in [-0.4, -0.2) is 25.8 Å². The average molecular weight is 255 g/mol. The lowest BCUT2D eigenvalue weighted by Crippen LogP contribution is -2.21. The van der Waals surface area contributed by atoms with Crippen LogP contribution < -0.4 is 10.1 Å². The van der Waals surface area contributed by atoms with Crippen LogP contribution in [0, 0.1) is 0 Å². The van der Waals surface area contributed by atoms with Crippen molar-refractivity contribution in [1.29, 1.82) is 0 Å². The van der Waals surface area contributed by atoms with Crippen LogP contribution in [0.5, 0.6) is 5.75 Å². The van der Waals surface area contributed by atoms with E-state index in [0.717, 1.165) is 0 Å². The van der Waals surface area contributed by atoms with E-state index < -0.39 is 25.8 Å². The quantitative estimate of drug-likeness (QED) is 0.815. The van der Waals surface area contributed by atoms with E-state index in [1.54, 1.807) is 0 Å². The highest BCUT2D eigenvalue weighted by Gasteiger charge is 2.26. The van der Waals surface area contributed by atoms with Crippen molar-refractivity contribution >= 4 is 5.69 Å². The first kappa shape index (κ1) is 13.5.